The first kappa shape index (κ1) is 26.2. The molecule has 3 unspecified atom stereocenters. The molecule has 208 valence electrons. The van der Waals surface area contributed by atoms with E-state index in [1.807, 2.05) is 6.07 Å². The zero-order valence-corrected chi connectivity index (χ0v) is 22.8. The molecule has 0 radical (unpaired) electrons. The molecule has 5 aliphatic rings. The highest BCUT2D eigenvalue weighted by molar-refractivity contribution is 5.95. The number of hydrazine groups is 1. The summed E-state index contributed by atoms with van der Waals surface area (Å²) < 4.78 is 15.4. The van der Waals surface area contributed by atoms with Gasteiger partial charge in [0.15, 0.2) is 0 Å². The molecule has 0 aromatic heterocycles. The van der Waals surface area contributed by atoms with Gasteiger partial charge in [0.05, 0.1) is 5.56 Å². The summed E-state index contributed by atoms with van der Waals surface area (Å²) in [7, 11) is 2.16. The average Bonchev–Trinajstić information content (AvgIpc) is 3.65. The van der Waals surface area contributed by atoms with Crippen molar-refractivity contribution in [3.8, 4) is 0 Å². The minimum absolute atomic E-state index is 0.108. The number of nitrogens with zero attached hydrogens (tertiary/aromatic N) is 3. The van der Waals surface area contributed by atoms with E-state index in [2.05, 4.69) is 17.5 Å². The highest BCUT2D eigenvalue weighted by atomic mass is 19.1. The highest BCUT2D eigenvalue weighted by Gasteiger charge is 2.53. The third-order valence-corrected chi connectivity index (χ3v) is 10.4. The Morgan fingerprint density at radius 1 is 0.974 bits per heavy atom. The molecule has 2 aliphatic heterocycles. The van der Waals surface area contributed by atoms with E-state index < -0.39 is 11.4 Å². The van der Waals surface area contributed by atoms with Crippen LogP contribution in [0.3, 0.4) is 0 Å². The molecule has 2 saturated heterocycles. The molecule has 7 nitrogen and oxygen atoms in total. The van der Waals surface area contributed by atoms with E-state index in [0.29, 0.717) is 56.4 Å². The van der Waals surface area contributed by atoms with Gasteiger partial charge in [0.1, 0.15) is 11.4 Å². The monoisotopic (exact) mass is 526 g/mol. The first-order chi connectivity index (χ1) is 18.3. The second kappa shape index (κ2) is 10.2. The lowest BCUT2D eigenvalue weighted by Crippen LogP contribution is -2.53. The number of rotatable bonds is 4. The van der Waals surface area contributed by atoms with Crippen LogP contribution in [0, 0.1) is 17.2 Å². The number of benzene rings is 1. The van der Waals surface area contributed by atoms with Gasteiger partial charge >= 0.3 is 0 Å². The third-order valence-electron chi connectivity index (χ3n) is 10.4. The molecule has 38 heavy (non-hydrogen) atoms. The molecule has 0 spiro atoms. The predicted octanol–water partition coefficient (Wildman–Crippen LogP) is 3.68. The number of amides is 2. The van der Waals surface area contributed by atoms with Gasteiger partial charge in [0.2, 0.25) is 0 Å². The first-order valence-electron chi connectivity index (χ1n) is 14.9. The number of nitrogens with one attached hydrogen (secondary N) is 1. The van der Waals surface area contributed by atoms with Crippen molar-refractivity contribution in [2.45, 2.75) is 88.2 Å². The maximum atomic E-state index is 15.4. The summed E-state index contributed by atoms with van der Waals surface area (Å²) in [5, 5.41) is 12.4. The number of hydrogen-bond donors (Lipinski definition) is 2. The van der Waals surface area contributed by atoms with E-state index in [-0.39, 0.29) is 17.4 Å². The summed E-state index contributed by atoms with van der Waals surface area (Å²) in [5.41, 5.74) is 4.00. The molecule has 6 rings (SSSR count). The summed E-state index contributed by atoms with van der Waals surface area (Å²) in [5.74, 6) is 0.0582. The molecule has 8 heteroatoms. The van der Waals surface area contributed by atoms with Crippen LogP contribution in [-0.4, -0.2) is 83.1 Å². The van der Waals surface area contributed by atoms with Crippen molar-refractivity contribution in [1.29, 1.82) is 0 Å². The summed E-state index contributed by atoms with van der Waals surface area (Å²) in [4.78, 5) is 28.8. The van der Waals surface area contributed by atoms with E-state index in [4.69, 9.17) is 0 Å². The van der Waals surface area contributed by atoms with Crippen molar-refractivity contribution in [2.24, 2.45) is 11.3 Å². The highest BCUT2D eigenvalue weighted by Crippen LogP contribution is 2.53. The van der Waals surface area contributed by atoms with Crippen molar-refractivity contribution in [3.63, 3.8) is 0 Å². The van der Waals surface area contributed by atoms with E-state index in [0.717, 1.165) is 30.9 Å². The number of carbonyl (C=O) groups excluding carboxylic acids is 2. The number of fused-ring (bicyclic) bond motifs is 1. The Bertz CT molecular complexity index is 1060. The number of carbonyl (C=O) groups is 2. The van der Waals surface area contributed by atoms with Crippen molar-refractivity contribution in [2.75, 3.05) is 39.8 Å². The van der Waals surface area contributed by atoms with E-state index in [1.54, 1.807) is 21.9 Å². The van der Waals surface area contributed by atoms with Gasteiger partial charge in [-0.25, -0.2) is 9.40 Å². The van der Waals surface area contributed by atoms with Crippen LogP contribution in [0.2, 0.25) is 0 Å². The van der Waals surface area contributed by atoms with Crippen LogP contribution in [-0.2, 0) is 4.79 Å². The smallest absolute Gasteiger partial charge is 0.256 e. The average molecular weight is 527 g/mol. The standard InChI is InChI=1S/C30H43FN4O3/c1-33-20-29(23-6-4-2-3-5-7-23)11-10-22(19-26(29)32-33)21-8-9-24(25(31)18-21)27(36)34-14-16-35(17-15-34)28(37)30(38)12-13-30/h8-9,18,22-23,26,32,38H,2-7,10-17,19-20H2,1H3. The van der Waals surface area contributed by atoms with E-state index >= 15 is 4.39 Å². The largest absolute Gasteiger partial charge is 0.380 e. The molecule has 3 atom stereocenters. The maximum absolute atomic E-state index is 15.4. The normalized spacial score (nSPS) is 32.1. The van der Waals surface area contributed by atoms with Crippen LogP contribution >= 0.6 is 0 Å². The molecule has 0 bridgehead atoms. The van der Waals surface area contributed by atoms with Gasteiger partial charge < -0.3 is 14.9 Å². The van der Waals surface area contributed by atoms with Gasteiger partial charge in [-0.1, -0.05) is 31.7 Å². The fourth-order valence-electron chi connectivity index (χ4n) is 8.02. The van der Waals surface area contributed by atoms with Gasteiger partial charge in [-0.05, 0) is 74.5 Å². The molecular weight excluding hydrogens is 483 g/mol. The molecule has 1 aromatic carbocycles. The van der Waals surface area contributed by atoms with E-state index in [9.17, 15) is 14.7 Å². The second-order valence-corrected chi connectivity index (χ2v) is 12.8. The number of hydrogen-bond acceptors (Lipinski definition) is 5. The summed E-state index contributed by atoms with van der Waals surface area (Å²) in [6.07, 6.45) is 12.4. The summed E-state index contributed by atoms with van der Waals surface area (Å²) >= 11 is 0. The van der Waals surface area contributed by atoms with Gasteiger partial charge in [0.25, 0.3) is 11.8 Å². The van der Waals surface area contributed by atoms with Gasteiger partial charge in [-0.2, -0.15) is 0 Å². The lowest BCUT2D eigenvalue weighted by Gasteiger charge is -2.46. The van der Waals surface area contributed by atoms with Crippen LogP contribution in [0.25, 0.3) is 0 Å². The maximum Gasteiger partial charge on any atom is 0.256 e. The topological polar surface area (TPSA) is 76.1 Å². The zero-order chi connectivity index (χ0) is 26.5. The Morgan fingerprint density at radius 2 is 1.66 bits per heavy atom. The molecule has 2 amide bonds. The van der Waals surface area contributed by atoms with Gasteiger partial charge in [-0.15, -0.1) is 0 Å². The van der Waals surface area contributed by atoms with Crippen LogP contribution in [0.15, 0.2) is 18.2 Å². The Balaban J connectivity index is 1.10. The third kappa shape index (κ3) is 4.77. The zero-order valence-electron chi connectivity index (χ0n) is 22.8. The Morgan fingerprint density at radius 3 is 2.32 bits per heavy atom. The van der Waals surface area contributed by atoms with Crippen LogP contribution in [0.1, 0.15) is 92.5 Å². The second-order valence-electron chi connectivity index (χ2n) is 12.8. The lowest BCUT2D eigenvalue weighted by molar-refractivity contribution is -0.143. The SMILES string of the molecule is CN1CC2(C3CCCCCC3)CCC(c3ccc(C(=O)N4CCN(C(=O)C5(O)CC5)CC4)c(F)c3)CC2N1. The van der Waals surface area contributed by atoms with Gasteiger partial charge in [-0.3, -0.25) is 15.0 Å². The summed E-state index contributed by atoms with van der Waals surface area (Å²) in [6, 6.07) is 5.64. The first-order valence-corrected chi connectivity index (χ1v) is 14.9. The lowest BCUT2D eigenvalue weighted by atomic mass is 9.59. The van der Waals surface area contributed by atoms with Gasteiger partial charge in [0, 0.05) is 51.2 Å². The fourth-order valence-corrected chi connectivity index (χ4v) is 8.02. The van der Waals surface area contributed by atoms with Crippen LogP contribution in [0.4, 0.5) is 4.39 Å². The molecule has 2 N–H and O–H groups in total. The molecule has 3 saturated carbocycles. The minimum Gasteiger partial charge on any atom is -0.380 e. The van der Waals surface area contributed by atoms with Crippen LogP contribution < -0.4 is 5.43 Å². The Hall–Kier alpha value is -2.03. The molecule has 1 aromatic rings. The Labute approximate surface area is 225 Å². The molecular formula is C30H43FN4O3. The predicted molar refractivity (Wildman–Crippen MR) is 143 cm³/mol. The van der Waals surface area contributed by atoms with Crippen molar-refractivity contribution in [3.05, 3.63) is 35.1 Å². The van der Waals surface area contributed by atoms with Crippen molar-refractivity contribution >= 4 is 11.8 Å². The number of aliphatic hydroxyl groups is 1. The molecule has 3 aliphatic carbocycles. The molecule has 5 fully saturated rings. The fraction of sp³-hybridized carbons (Fsp3) is 0.733. The number of piperazine rings is 1. The Kier molecular flexibility index (Phi) is 7.02. The van der Waals surface area contributed by atoms with Crippen LogP contribution in [0.5, 0.6) is 0 Å². The van der Waals surface area contributed by atoms with Crippen molar-refractivity contribution < 1.29 is 19.1 Å². The van der Waals surface area contributed by atoms with E-state index in [1.165, 1.54) is 44.9 Å². The number of halogens is 1. The molecule has 2 heterocycles. The minimum atomic E-state index is -1.19. The summed E-state index contributed by atoms with van der Waals surface area (Å²) in [6.45, 7) is 2.57. The van der Waals surface area contributed by atoms with Crippen molar-refractivity contribution in [1.82, 2.24) is 20.2 Å². The quantitative estimate of drug-likeness (QED) is 0.586.